The molecule has 0 aliphatic heterocycles. The first-order valence-electron chi connectivity index (χ1n) is 8.22. The summed E-state index contributed by atoms with van der Waals surface area (Å²) in [6, 6.07) is 4.56. The maximum Gasteiger partial charge on any atom is 0.343 e. The fourth-order valence-electron chi connectivity index (χ4n) is 3.28. The van der Waals surface area contributed by atoms with E-state index in [9.17, 15) is 26.3 Å². The molecule has 0 spiro atoms. The molecule has 0 heterocycles. The second-order valence-corrected chi connectivity index (χ2v) is 6.09. The molecule has 0 N–H and O–H groups in total. The van der Waals surface area contributed by atoms with E-state index in [1.807, 2.05) is 0 Å². The summed E-state index contributed by atoms with van der Waals surface area (Å²) in [6.45, 7) is 3.19. The second-order valence-electron chi connectivity index (χ2n) is 6.09. The van der Waals surface area contributed by atoms with Crippen LogP contribution in [0.2, 0.25) is 0 Å². The van der Waals surface area contributed by atoms with Crippen LogP contribution in [-0.4, -0.2) is 6.61 Å². The van der Waals surface area contributed by atoms with E-state index in [2.05, 4.69) is 0 Å². The zero-order chi connectivity index (χ0) is 19.3. The van der Waals surface area contributed by atoms with Gasteiger partial charge in [-0.2, -0.15) is 17.6 Å². The van der Waals surface area contributed by atoms with Crippen LogP contribution in [-0.2, 0) is 18.3 Å². The largest absolute Gasteiger partial charge is 0.491 e. The van der Waals surface area contributed by atoms with Crippen molar-refractivity contribution in [3.8, 4) is 16.9 Å². The topological polar surface area (TPSA) is 9.23 Å². The first kappa shape index (κ1) is 18.6. The Morgan fingerprint density at radius 2 is 1.35 bits per heavy atom. The highest BCUT2D eigenvalue weighted by Crippen LogP contribution is 2.60. The Labute approximate surface area is 146 Å². The van der Waals surface area contributed by atoms with Crippen molar-refractivity contribution in [2.45, 2.75) is 38.5 Å². The Morgan fingerprint density at radius 1 is 0.808 bits per heavy atom. The Morgan fingerprint density at radius 3 is 1.88 bits per heavy atom. The average Bonchev–Trinajstić information content (AvgIpc) is 2.57. The molecular formula is C19H16F6O. The van der Waals surface area contributed by atoms with E-state index in [4.69, 9.17) is 4.74 Å². The molecule has 0 saturated heterocycles. The van der Waals surface area contributed by atoms with Crippen molar-refractivity contribution in [2.24, 2.45) is 0 Å². The highest BCUT2D eigenvalue weighted by molar-refractivity contribution is 5.77. The van der Waals surface area contributed by atoms with E-state index in [0.29, 0.717) is 6.42 Å². The van der Waals surface area contributed by atoms with Crippen molar-refractivity contribution in [1.82, 2.24) is 0 Å². The molecule has 0 fully saturated rings. The molecule has 3 rings (SSSR count). The number of alkyl halides is 4. The molecule has 7 heteroatoms. The standard InChI is InChI=1S/C19H16F6O/c1-3-5-10-6-7-11-12-8-9-13(26-4-2)17(21)15(12)19(24,25)18(22,23)14(11)16(10)20/h6-9H,3-5H2,1-2H3. The Balaban J connectivity index is 2.38. The normalized spacial score (nSPS) is 16.8. The van der Waals surface area contributed by atoms with Crippen LogP contribution in [0.1, 0.15) is 37.0 Å². The molecule has 0 aromatic heterocycles. The lowest BCUT2D eigenvalue weighted by Crippen LogP contribution is -2.41. The lowest BCUT2D eigenvalue weighted by molar-refractivity contribution is -0.228. The van der Waals surface area contributed by atoms with E-state index < -0.39 is 51.5 Å². The minimum Gasteiger partial charge on any atom is -0.491 e. The lowest BCUT2D eigenvalue weighted by Gasteiger charge is -2.35. The number of hydrogen-bond acceptors (Lipinski definition) is 1. The Hall–Kier alpha value is -2.18. The van der Waals surface area contributed by atoms with Gasteiger partial charge in [-0.15, -0.1) is 0 Å². The SMILES string of the molecule is CCCc1ccc2c(c1F)C(F)(F)C(F)(F)c1c-2ccc(OCC)c1F. The van der Waals surface area contributed by atoms with Gasteiger partial charge >= 0.3 is 11.8 Å². The molecule has 1 aliphatic carbocycles. The zero-order valence-electron chi connectivity index (χ0n) is 14.1. The molecule has 0 atom stereocenters. The van der Waals surface area contributed by atoms with Crippen LogP contribution in [0.5, 0.6) is 5.75 Å². The molecule has 140 valence electrons. The van der Waals surface area contributed by atoms with Crippen molar-refractivity contribution in [2.75, 3.05) is 6.61 Å². The maximum absolute atomic E-state index is 14.6. The van der Waals surface area contributed by atoms with Gasteiger partial charge in [0.05, 0.1) is 17.7 Å². The third kappa shape index (κ3) is 2.40. The molecule has 1 aliphatic rings. The fourth-order valence-corrected chi connectivity index (χ4v) is 3.28. The third-order valence-corrected chi connectivity index (χ3v) is 4.46. The fraction of sp³-hybridized carbons (Fsp3) is 0.368. The van der Waals surface area contributed by atoms with Gasteiger partial charge in [0.2, 0.25) is 0 Å². The van der Waals surface area contributed by atoms with Gasteiger partial charge in [-0.05, 0) is 42.2 Å². The summed E-state index contributed by atoms with van der Waals surface area (Å²) in [5, 5.41) is 0. The van der Waals surface area contributed by atoms with E-state index in [1.165, 1.54) is 13.0 Å². The van der Waals surface area contributed by atoms with Gasteiger partial charge in [-0.1, -0.05) is 25.5 Å². The molecule has 0 unspecified atom stereocenters. The summed E-state index contributed by atoms with van der Waals surface area (Å²) in [5.74, 6) is -13.3. The van der Waals surface area contributed by atoms with Crippen LogP contribution in [0, 0.1) is 11.6 Å². The van der Waals surface area contributed by atoms with E-state index in [-0.39, 0.29) is 18.6 Å². The number of halogens is 6. The molecule has 1 nitrogen and oxygen atoms in total. The van der Waals surface area contributed by atoms with Crippen molar-refractivity contribution in [3.05, 3.63) is 52.6 Å². The lowest BCUT2D eigenvalue weighted by atomic mass is 9.79. The van der Waals surface area contributed by atoms with E-state index >= 15 is 0 Å². The highest BCUT2D eigenvalue weighted by Gasteiger charge is 2.65. The minimum atomic E-state index is -4.92. The summed E-state index contributed by atoms with van der Waals surface area (Å²) >= 11 is 0. The Bertz CT molecular complexity index is 788. The monoisotopic (exact) mass is 374 g/mol. The summed E-state index contributed by atoms with van der Waals surface area (Å²) in [6.07, 6.45) is 0.589. The van der Waals surface area contributed by atoms with Gasteiger partial charge in [0, 0.05) is 0 Å². The summed E-state index contributed by atoms with van der Waals surface area (Å²) in [5.41, 5.74) is -3.82. The number of aryl methyl sites for hydroxylation is 1. The van der Waals surface area contributed by atoms with Crippen molar-refractivity contribution in [3.63, 3.8) is 0 Å². The molecule has 0 bridgehead atoms. The number of rotatable bonds is 4. The molecular weight excluding hydrogens is 358 g/mol. The summed E-state index contributed by atoms with van der Waals surface area (Å²) in [7, 11) is 0. The van der Waals surface area contributed by atoms with Gasteiger partial charge in [0.1, 0.15) is 5.82 Å². The molecule has 26 heavy (non-hydrogen) atoms. The first-order chi connectivity index (χ1) is 12.2. The average molecular weight is 374 g/mol. The second kappa shape index (κ2) is 6.21. The van der Waals surface area contributed by atoms with Crippen LogP contribution in [0.15, 0.2) is 24.3 Å². The van der Waals surface area contributed by atoms with Crippen LogP contribution in [0.3, 0.4) is 0 Å². The van der Waals surface area contributed by atoms with Gasteiger partial charge in [-0.25, -0.2) is 8.78 Å². The van der Waals surface area contributed by atoms with Crippen molar-refractivity contribution < 1.29 is 31.1 Å². The van der Waals surface area contributed by atoms with Crippen molar-refractivity contribution in [1.29, 1.82) is 0 Å². The summed E-state index contributed by atoms with van der Waals surface area (Å²) < 4.78 is 92.6. The third-order valence-electron chi connectivity index (χ3n) is 4.46. The predicted octanol–water partition coefficient (Wildman–Crippen LogP) is 6.18. The molecule has 2 aromatic rings. The maximum atomic E-state index is 14.6. The smallest absolute Gasteiger partial charge is 0.343 e. The van der Waals surface area contributed by atoms with E-state index in [1.54, 1.807) is 6.92 Å². The van der Waals surface area contributed by atoms with E-state index in [0.717, 1.165) is 18.2 Å². The minimum absolute atomic E-state index is 0.0245. The molecule has 0 amide bonds. The van der Waals surface area contributed by atoms with Crippen LogP contribution in [0.25, 0.3) is 11.1 Å². The number of ether oxygens (including phenoxy) is 1. The molecule has 2 aromatic carbocycles. The molecule has 0 saturated carbocycles. The van der Waals surface area contributed by atoms with Gasteiger partial charge in [0.25, 0.3) is 0 Å². The Kier molecular flexibility index (Phi) is 4.45. The van der Waals surface area contributed by atoms with Crippen molar-refractivity contribution >= 4 is 0 Å². The zero-order valence-corrected chi connectivity index (χ0v) is 14.1. The predicted molar refractivity (Wildman–Crippen MR) is 84.7 cm³/mol. The van der Waals surface area contributed by atoms with Gasteiger partial charge in [0.15, 0.2) is 11.6 Å². The number of benzene rings is 2. The van der Waals surface area contributed by atoms with Gasteiger partial charge in [-0.3, -0.25) is 0 Å². The van der Waals surface area contributed by atoms with Crippen LogP contribution >= 0.6 is 0 Å². The van der Waals surface area contributed by atoms with Crippen LogP contribution in [0.4, 0.5) is 26.3 Å². The molecule has 0 radical (unpaired) electrons. The number of fused-ring (bicyclic) bond motifs is 3. The van der Waals surface area contributed by atoms with Crippen LogP contribution < -0.4 is 4.74 Å². The summed E-state index contributed by atoms with van der Waals surface area (Å²) in [4.78, 5) is 0. The first-order valence-corrected chi connectivity index (χ1v) is 8.22. The highest BCUT2D eigenvalue weighted by atomic mass is 19.3. The van der Waals surface area contributed by atoms with Gasteiger partial charge < -0.3 is 4.74 Å². The number of hydrogen-bond donors (Lipinski definition) is 0. The quantitative estimate of drug-likeness (QED) is 0.581.